The van der Waals surface area contributed by atoms with E-state index in [4.69, 9.17) is 0 Å². The maximum Gasteiger partial charge on any atom is 0.264 e. The van der Waals surface area contributed by atoms with Gasteiger partial charge in [-0.3, -0.25) is 8.37 Å². The number of hydrogen-bond acceptors (Lipinski definition) is 6. The Kier molecular flexibility index (Phi) is 12.7. The van der Waals surface area contributed by atoms with Gasteiger partial charge >= 0.3 is 0 Å². The first-order chi connectivity index (χ1) is 9.91. The Morgan fingerprint density at radius 1 is 0.818 bits per heavy atom. The number of hydrogen-bond donors (Lipinski definition) is 0. The van der Waals surface area contributed by atoms with Crippen LogP contribution >= 0.6 is 0 Å². The molecule has 0 fully saturated rings. The molecule has 0 N–H and O–H groups in total. The third kappa shape index (κ3) is 21.6. The van der Waals surface area contributed by atoms with Gasteiger partial charge in [-0.15, -0.1) is 13.2 Å². The van der Waals surface area contributed by atoms with Gasteiger partial charge in [0.15, 0.2) is 0 Å². The van der Waals surface area contributed by atoms with E-state index in [1.54, 1.807) is 12.2 Å². The molecule has 0 heterocycles. The fraction of sp³-hybridized carbons (Fsp3) is 0.714. The van der Waals surface area contributed by atoms with Crippen molar-refractivity contribution in [1.29, 1.82) is 0 Å². The van der Waals surface area contributed by atoms with Crippen LogP contribution in [0.1, 0.15) is 26.7 Å². The highest BCUT2D eigenvalue weighted by molar-refractivity contribution is 7.86. The molecule has 0 spiro atoms. The average Bonchev–Trinajstić information content (AvgIpc) is 2.34. The lowest BCUT2D eigenvalue weighted by Gasteiger charge is -2.06. The summed E-state index contributed by atoms with van der Waals surface area (Å²) in [5.41, 5.74) is 0. The molecular formula is C14H28O6S2. The maximum absolute atomic E-state index is 10.5. The Morgan fingerprint density at radius 3 is 1.27 bits per heavy atom. The van der Waals surface area contributed by atoms with Crippen LogP contribution in [0.3, 0.4) is 0 Å². The van der Waals surface area contributed by atoms with Crippen LogP contribution in [0.25, 0.3) is 0 Å². The zero-order valence-corrected chi connectivity index (χ0v) is 15.5. The summed E-state index contributed by atoms with van der Waals surface area (Å²) in [5, 5.41) is 0. The van der Waals surface area contributed by atoms with Gasteiger partial charge < -0.3 is 0 Å². The monoisotopic (exact) mass is 356 g/mol. The SMILES string of the molecule is C=CC[C@@H](C)COS(C)(=O)=O.C=CC[C@H](C)COS(C)(=O)=O. The van der Waals surface area contributed by atoms with Crippen molar-refractivity contribution in [1.82, 2.24) is 0 Å². The molecule has 6 nitrogen and oxygen atoms in total. The predicted molar refractivity (Wildman–Crippen MR) is 89.5 cm³/mol. The average molecular weight is 357 g/mol. The molecule has 0 unspecified atom stereocenters. The Morgan fingerprint density at radius 2 is 1.09 bits per heavy atom. The summed E-state index contributed by atoms with van der Waals surface area (Å²) in [7, 11) is -6.54. The molecule has 0 rings (SSSR count). The number of allylic oxidation sites excluding steroid dienone is 2. The summed E-state index contributed by atoms with van der Waals surface area (Å²) in [5.74, 6) is 0.421. The van der Waals surface area contributed by atoms with Gasteiger partial charge in [0.1, 0.15) is 0 Å². The topological polar surface area (TPSA) is 86.7 Å². The molecule has 0 saturated carbocycles. The lowest BCUT2D eigenvalue weighted by atomic mass is 10.1. The summed E-state index contributed by atoms with van der Waals surface area (Å²) < 4.78 is 51.1. The van der Waals surface area contributed by atoms with E-state index >= 15 is 0 Å². The Balaban J connectivity index is 0. The van der Waals surface area contributed by atoms with Crippen molar-refractivity contribution in [3.63, 3.8) is 0 Å². The normalized spacial score (nSPS) is 14.4. The zero-order valence-electron chi connectivity index (χ0n) is 13.8. The fourth-order valence-electron chi connectivity index (χ4n) is 1.18. The van der Waals surface area contributed by atoms with Crippen molar-refractivity contribution in [2.75, 3.05) is 25.7 Å². The minimum Gasteiger partial charge on any atom is -0.270 e. The van der Waals surface area contributed by atoms with Gasteiger partial charge in [-0.2, -0.15) is 16.8 Å². The largest absolute Gasteiger partial charge is 0.270 e. The third-order valence-corrected chi connectivity index (χ3v) is 3.40. The van der Waals surface area contributed by atoms with Crippen LogP contribution in [-0.4, -0.2) is 42.6 Å². The van der Waals surface area contributed by atoms with Crippen LogP contribution in [0, 0.1) is 11.8 Å². The summed E-state index contributed by atoms with van der Waals surface area (Å²) in [6.07, 6.45) is 7.14. The molecule has 2 atom stereocenters. The van der Waals surface area contributed by atoms with Crippen molar-refractivity contribution >= 4 is 20.2 Å². The number of rotatable bonds is 10. The molecule has 0 bridgehead atoms. The first-order valence-corrected chi connectivity index (χ1v) is 10.4. The van der Waals surface area contributed by atoms with E-state index < -0.39 is 20.2 Å². The van der Waals surface area contributed by atoms with Crippen LogP contribution in [0.2, 0.25) is 0 Å². The molecule has 0 aromatic rings. The summed E-state index contributed by atoms with van der Waals surface area (Å²) in [4.78, 5) is 0. The standard InChI is InChI=1S/2C7H14O3S/c2*1-4-5-7(2)6-10-11(3,8)9/h2*4,7H,1,5-6H2,2-3H3/t2*7-/m10/s1. The molecule has 8 heteroatoms. The van der Waals surface area contributed by atoms with Gasteiger partial charge in [0, 0.05) is 0 Å². The molecule has 0 aromatic heterocycles. The van der Waals surface area contributed by atoms with Crippen molar-refractivity contribution in [3.8, 4) is 0 Å². The van der Waals surface area contributed by atoms with Crippen LogP contribution < -0.4 is 0 Å². The summed E-state index contributed by atoms with van der Waals surface area (Å²) >= 11 is 0. The van der Waals surface area contributed by atoms with Gasteiger partial charge in [-0.05, 0) is 24.7 Å². The maximum atomic E-state index is 10.5. The van der Waals surface area contributed by atoms with E-state index in [2.05, 4.69) is 21.5 Å². The van der Waals surface area contributed by atoms with Crippen LogP contribution in [0.15, 0.2) is 25.3 Å². The molecule has 0 aromatic carbocycles. The highest BCUT2D eigenvalue weighted by Gasteiger charge is 2.06. The molecular weight excluding hydrogens is 328 g/mol. The Hall–Kier alpha value is -0.700. The summed E-state index contributed by atoms with van der Waals surface area (Å²) in [6.45, 7) is 11.4. The first-order valence-electron chi connectivity index (χ1n) is 6.81. The highest BCUT2D eigenvalue weighted by Crippen LogP contribution is 2.04. The fourth-order valence-corrected chi connectivity index (χ4v) is 2.14. The second-order valence-corrected chi connectivity index (χ2v) is 8.52. The van der Waals surface area contributed by atoms with Crippen molar-refractivity contribution in [2.45, 2.75) is 26.7 Å². The Bertz CT molecular complexity index is 459. The molecule has 22 heavy (non-hydrogen) atoms. The lowest BCUT2D eigenvalue weighted by molar-refractivity contribution is 0.268. The van der Waals surface area contributed by atoms with E-state index in [9.17, 15) is 16.8 Å². The smallest absolute Gasteiger partial charge is 0.264 e. The molecule has 132 valence electrons. The van der Waals surface area contributed by atoms with Crippen molar-refractivity contribution in [3.05, 3.63) is 25.3 Å². The van der Waals surface area contributed by atoms with Gasteiger partial charge in [0.25, 0.3) is 20.2 Å². The van der Waals surface area contributed by atoms with Crippen LogP contribution in [0.5, 0.6) is 0 Å². The second kappa shape index (κ2) is 11.8. The molecule has 0 aliphatic rings. The van der Waals surface area contributed by atoms with E-state index in [0.717, 1.165) is 25.4 Å². The van der Waals surface area contributed by atoms with Gasteiger partial charge in [-0.1, -0.05) is 26.0 Å². The molecule has 0 aliphatic carbocycles. The van der Waals surface area contributed by atoms with Gasteiger partial charge in [-0.25, -0.2) is 0 Å². The van der Waals surface area contributed by atoms with E-state index in [-0.39, 0.29) is 25.0 Å². The molecule has 0 radical (unpaired) electrons. The summed E-state index contributed by atoms with van der Waals surface area (Å²) in [6, 6.07) is 0. The van der Waals surface area contributed by atoms with E-state index in [0.29, 0.717) is 0 Å². The zero-order chi connectivity index (χ0) is 17.8. The predicted octanol–water partition coefficient (Wildman–Crippen LogP) is 2.35. The highest BCUT2D eigenvalue weighted by atomic mass is 32.2. The minimum atomic E-state index is -3.27. The minimum absolute atomic E-state index is 0.210. The van der Waals surface area contributed by atoms with Crippen molar-refractivity contribution in [2.24, 2.45) is 11.8 Å². The van der Waals surface area contributed by atoms with Crippen LogP contribution in [0.4, 0.5) is 0 Å². The van der Waals surface area contributed by atoms with Crippen molar-refractivity contribution < 1.29 is 25.2 Å². The van der Waals surface area contributed by atoms with E-state index in [1.807, 2.05) is 13.8 Å². The van der Waals surface area contributed by atoms with Gasteiger partial charge in [0.2, 0.25) is 0 Å². The molecule has 0 saturated heterocycles. The molecule has 0 amide bonds. The van der Waals surface area contributed by atoms with Gasteiger partial charge in [0.05, 0.1) is 25.7 Å². The third-order valence-electron chi connectivity index (χ3n) is 2.27. The quantitative estimate of drug-likeness (QED) is 0.441. The van der Waals surface area contributed by atoms with E-state index in [1.165, 1.54) is 0 Å². The molecule has 0 aliphatic heterocycles. The van der Waals surface area contributed by atoms with Crippen LogP contribution in [-0.2, 0) is 28.6 Å². The second-order valence-electron chi connectivity index (χ2n) is 5.24. The Labute approximate surface area is 135 Å². The first kappa shape index (κ1) is 23.6. The lowest BCUT2D eigenvalue weighted by Crippen LogP contribution is -2.10.